The maximum absolute atomic E-state index is 12.3. The Labute approximate surface area is 100 Å². The second kappa shape index (κ2) is 5.46. The van der Waals surface area contributed by atoms with E-state index in [1.165, 1.54) is 18.2 Å². The molecule has 0 amide bonds. The molecule has 0 saturated carbocycles. The number of alkyl halides is 3. The van der Waals surface area contributed by atoms with Crippen LogP contribution < -0.4 is 4.74 Å². The zero-order chi connectivity index (χ0) is 12.2. The molecule has 0 unspecified atom stereocenters. The molecule has 1 aromatic rings. The zero-order valence-corrected chi connectivity index (χ0v) is 9.40. The fourth-order valence-corrected chi connectivity index (χ4v) is 1.09. The average molecular weight is 271 g/mol. The van der Waals surface area contributed by atoms with Gasteiger partial charge in [-0.05, 0) is 24.3 Å². The smallest absolute Gasteiger partial charge is 0.416 e. The lowest BCUT2D eigenvalue weighted by Gasteiger charge is -2.08. The summed E-state index contributed by atoms with van der Waals surface area (Å²) >= 11 is 10.6. The average Bonchev–Trinajstić information content (AvgIpc) is 2.16. The van der Waals surface area contributed by atoms with Crippen LogP contribution in [0.15, 0.2) is 34.8 Å². The Morgan fingerprint density at radius 1 is 1.31 bits per heavy atom. The molecule has 0 aliphatic carbocycles. The van der Waals surface area contributed by atoms with Crippen molar-refractivity contribution >= 4 is 23.2 Å². The maximum Gasteiger partial charge on any atom is 0.416 e. The van der Waals surface area contributed by atoms with Crippen LogP contribution in [0.5, 0.6) is 5.75 Å². The van der Waals surface area contributed by atoms with Gasteiger partial charge >= 0.3 is 6.18 Å². The SMILES string of the molecule is FC(F)(F)c1cccc(OCC=C(Cl)Cl)c1. The molecule has 0 fully saturated rings. The van der Waals surface area contributed by atoms with Crippen LogP contribution in [0.25, 0.3) is 0 Å². The van der Waals surface area contributed by atoms with Crippen LogP contribution in [-0.4, -0.2) is 6.61 Å². The minimum Gasteiger partial charge on any atom is -0.489 e. The van der Waals surface area contributed by atoms with Crippen molar-refractivity contribution < 1.29 is 17.9 Å². The Morgan fingerprint density at radius 2 is 2.00 bits per heavy atom. The number of hydrogen-bond acceptors (Lipinski definition) is 1. The van der Waals surface area contributed by atoms with Crippen LogP contribution in [0.3, 0.4) is 0 Å². The third kappa shape index (κ3) is 4.33. The van der Waals surface area contributed by atoms with Gasteiger partial charge in [0.25, 0.3) is 0 Å². The third-order valence-electron chi connectivity index (χ3n) is 1.65. The van der Waals surface area contributed by atoms with E-state index in [0.717, 1.165) is 12.1 Å². The van der Waals surface area contributed by atoms with E-state index in [1.807, 2.05) is 0 Å². The van der Waals surface area contributed by atoms with Gasteiger partial charge in [0.1, 0.15) is 16.8 Å². The van der Waals surface area contributed by atoms with Crippen LogP contribution in [-0.2, 0) is 6.18 Å². The number of ether oxygens (including phenoxy) is 1. The Hall–Kier alpha value is -0.870. The molecular formula is C10H7Cl2F3O. The van der Waals surface area contributed by atoms with Crippen molar-refractivity contribution in [1.82, 2.24) is 0 Å². The van der Waals surface area contributed by atoms with Gasteiger partial charge in [-0.1, -0.05) is 29.3 Å². The lowest BCUT2D eigenvalue weighted by Crippen LogP contribution is -2.05. The minimum atomic E-state index is -4.38. The van der Waals surface area contributed by atoms with Crippen LogP contribution in [0.1, 0.15) is 5.56 Å². The summed E-state index contributed by atoms with van der Waals surface area (Å²) in [6.45, 7) is 0.0175. The van der Waals surface area contributed by atoms with Crippen LogP contribution in [0.4, 0.5) is 13.2 Å². The van der Waals surface area contributed by atoms with Crippen molar-refractivity contribution in [2.45, 2.75) is 6.18 Å². The fourth-order valence-electron chi connectivity index (χ4n) is 0.963. The summed E-state index contributed by atoms with van der Waals surface area (Å²) in [5.74, 6) is 0.112. The molecule has 0 saturated heterocycles. The largest absolute Gasteiger partial charge is 0.489 e. The Morgan fingerprint density at radius 3 is 2.56 bits per heavy atom. The van der Waals surface area contributed by atoms with Gasteiger partial charge in [0.2, 0.25) is 0 Å². The van der Waals surface area contributed by atoms with E-state index in [1.54, 1.807) is 0 Å². The molecule has 1 rings (SSSR count). The summed E-state index contributed by atoms with van der Waals surface area (Å²) in [7, 11) is 0. The molecule has 0 radical (unpaired) electrons. The molecule has 0 heterocycles. The molecule has 88 valence electrons. The van der Waals surface area contributed by atoms with Gasteiger partial charge in [0.15, 0.2) is 0 Å². The van der Waals surface area contributed by atoms with Crippen LogP contribution in [0.2, 0.25) is 0 Å². The summed E-state index contributed by atoms with van der Waals surface area (Å²) in [6, 6.07) is 4.57. The summed E-state index contributed by atoms with van der Waals surface area (Å²) < 4.78 is 41.9. The van der Waals surface area contributed by atoms with E-state index < -0.39 is 11.7 Å². The summed E-state index contributed by atoms with van der Waals surface area (Å²) in [5.41, 5.74) is -0.758. The maximum atomic E-state index is 12.3. The molecule has 0 aliphatic rings. The van der Waals surface area contributed by atoms with E-state index in [2.05, 4.69) is 0 Å². The Bertz CT molecular complexity index is 384. The predicted molar refractivity (Wildman–Crippen MR) is 56.7 cm³/mol. The molecule has 0 N–H and O–H groups in total. The number of hydrogen-bond donors (Lipinski definition) is 0. The van der Waals surface area contributed by atoms with Crippen LogP contribution in [0, 0.1) is 0 Å². The first-order chi connectivity index (χ1) is 7.39. The molecule has 1 aromatic carbocycles. The fraction of sp³-hybridized carbons (Fsp3) is 0.200. The van der Waals surface area contributed by atoms with Gasteiger partial charge in [-0.15, -0.1) is 0 Å². The third-order valence-corrected chi connectivity index (χ3v) is 1.96. The predicted octanol–water partition coefficient (Wildman–Crippen LogP) is 4.40. The number of halogens is 5. The second-order valence-electron chi connectivity index (χ2n) is 2.83. The number of rotatable bonds is 3. The molecular weight excluding hydrogens is 264 g/mol. The molecule has 0 aromatic heterocycles. The topological polar surface area (TPSA) is 9.23 Å². The van der Waals surface area contributed by atoms with Gasteiger partial charge in [0.05, 0.1) is 5.56 Å². The highest BCUT2D eigenvalue weighted by Crippen LogP contribution is 2.31. The van der Waals surface area contributed by atoms with Gasteiger partial charge in [0, 0.05) is 0 Å². The van der Waals surface area contributed by atoms with E-state index in [0.29, 0.717) is 0 Å². The van der Waals surface area contributed by atoms with E-state index in [4.69, 9.17) is 27.9 Å². The lowest BCUT2D eigenvalue weighted by atomic mass is 10.2. The van der Waals surface area contributed by atoms with Gasteiger partial charge in [-0.25, -0.2) is 0 Å². The zero-order valence-electron chi connectivity index (χ0n) is 7.89. The van der Waals surface area contributed by atoms with Gasteiger partial charge < -0.3 is 4.74 Å². The van der Waals surface area contributed by atoms with Crippen molar-refractivity contribution in [3.05, 3.63) is 40.4 Å². The van der Waals surface area contributed by atoms with Crippen molar-refractivity contribution in [3.8, 4) is 5.75 Å². The van der Waals surface area contributed by atoms with Crippen molar-refractivity contribution in [2.24, 2.45) is 0 Å². The molecule has 6 heteroatoms. The summed E-state index contributed by atoms with van der Waals surface area (Å²) in [6.07, 6.45) is -3.04. The summed E-state index contributed by atoms with van der Waals surface area (Å²) in [4.78, 5) is 0. The molecule has 1 nitrogen and oxygen atoms in total. The first-order valence-corrected chi connectivity index (χ1v) is 4.96. The van der Waals surface area contributed by atoms with Crippen LogP contribution >= 0.6 is 23.2 Å². The first-order valence-electron chi connectivity index (χ1n) is 4.21. The van der Waals surface area contributed by atoms with E-state index >= 15 is 0 Å². The molecule has 0 bridgehead atoms. The highest BCUT2D eigenvalue weighted by atomic mass is 35.5. The van der Waals surface area contributed by atoms with Gasteiger partial charge in [-0.3, -0.25) is 0 Å². The van der Waals surface area contributed by atoms with E-state index in [9.17, 15) is 13.2 Å². The molecule has 0 spiro atoms. The van der Waals surface area contributed by atoms with Gasteiger partial charge in [-0.2, -0.15) is 13.2 Å². The lowest BCUT2D eigenvalue weighted by molar-refractivity contribution is -0.137. The quantitative estimate of drug-likeness (QED) is 0.791. The van der Waals surface area contributed by atoms with Crippen molar-refractivity contribution in [1.29, 1.82) is 0 Å². The highest BCUT2D eigenvalue weighted by molar-refractivity contribution is 6.55. The first kappa shape index (κ1) is 13.2. The summed E-state index contributed by atoms with van der Waals surface area (Å²) in [5, 5.41) is 0. The van der Waals surface area contributed by atoms with E-state index in [-0.39, 0.29) is 16.8 Å². The molecule has 0 atom stereocenters. The van der Waals surface area contributed by atoms with Crippen molar-refractivity contribution in [3.63, 3.8) is 0 Å². The Kier molecular flexibility index (Phi) is 4.50. The number of benzene rings is 1. The second-order valence-corrected chi connectivity index (χ2v) is 3.84. The molecule has 16 heavy (non-hydrogen) atoms. The normalized spacial score (nSPS) is 11.1. The molecule has 0 aliphatic heterocycles. The van der Waals surface area contributed by atoms with Crippen molar-refractivity contribution in [2.75, 3.05) is 6.61 Å². The standard InChI is InChI=1S/C10H7Cl2F3O/c11-9(12)4-5-16-8-3-1-2-7(6-8)10(13,14)15/h1-4,6H,5H2. The monoisotopic (exact) mass is 270 g/mol. The Balaban J connectivity index is 2.72. The minimum absolute atomic E-state index is 0.00646. The highest BCUT2D eigenvalue weighted by Gasteiger charge is 2.30.